The van der Waals surface area contributed by atoms with E-state index in [1.165, 1.54) is 26.4 Å². The molecule has 9 heteroatoms. The highest BCUT2D eigenvalue weighted by Crippen LogP contribution is 2.39. The van der Waals surface area contributed by atoms with Crippen LogP contribution >= 0.6 is 27.7 Å². The van der Waals surface area contributed by atoms with E-state index in [-0.39, 0.29) is 36.7 Å². The van der Waals surface area contributed by atoms with Gasteiger partial charge in [0.15, 0.2) is 11.5 Å². The van der Waals surface area contributed by atoms with Crippen LogP contribution in [-0.4, -0.2) is 43.4 Å². The van der Waals surface area contributed by atoms with Crippen LogP contribution in [0, 0.1) is 5.82 Å². The van der Waals surface area contributed by atoms with Crippen LogP contribution in [0.15, 0.2) is 45.8 Å². The van der Waals surface area contributed by atoms with Crippen molar-refractivity contribution in [2.45, 2.75) is 6.61 Å². The average molecular weight is 496 g/mol. The van der Waals surface area contributed by atoms with Crippen molar-refractivity contribution in [1.82, 2.24) is 4.90 Å². The fraction of sp³-hybridized carbons (Fsp3) is 0.238. The lowest BCUT2D eigenvalue weighted by atomic mass is 10.1. The van der Waals surface area contributed by atoms with Crippen molar-refractivity contribution in [3.8, 4) is 11.5 Å². The summed E-state index contributed by atoms with van der Waals surface area (Å²) in [5.74, 6) is 0.269. The molecule has 2 aromatic carbocycles. The van der Waals surface area contributed by atoms with Crippen molar-refractivity contribution < 1.29 is 28.2 Å². The third-order valence-corrected chi connectivity index (χ3v) is 5.74. The van der Waals surface area contributed by atoms with E-state index in [0.717, 1.165) is 22.2 Å². The second kappa shape index (κ2) is 10.1. The highest BCUT2D eigenvalue weighted by atomic mass is 79.9. The molecule has 0 unspecified atom stereocenters. The molecule has 0 spiro atoms. The van der Waals surface area contributed by atoms with E-state index in [1.54, 1.807) is 30.3 Å². The van der Waals surface area contributed by atoms with Gasteiger partial charge in [-0.1, -0.05) is 12.1 Å². The van der Waals surface area contributed by atoms with Gasteiger partial charge in [0.05, 0.1) is 29.6 Å². The van der Waals surface area contributed by atoms with Crippen LogP contribution < -0.4 is 9.47 Å². The first-order valence-corrected chi connectivity index (χ1v) is 10.5. The number of nitrogens with zero attached hydrogens (tertiary/aromatic N) is 1. The smallest absolute Gasteiger partial charge is 0.293 e. The van der Waals surface area contributed by atoms with E-state index in [0.29, 0.717) is 26.4 Å². The molecule has 0 radical (unpaired) electrons. The number of carbonyl (C=O) groups is 2. The molecule has 1 fully saturated rings. The van der Waals surface area contributed by atoms with Gasteiger partial charge < -0.3 is 14.2 Å². The summed E-state index contributed by atoms with van der Waals surface area (Å²) >= 11 is 4.35. The van der Waals surface area contributed by atoms with Gasteiger partial charge in [-0.25, -0.2) is 4.39 Å². The number of ether oxygens (including phenoxy) is 3. The summed E-state index contributed by atoms with van der Waals surface area (Å²) in [5, 5.41) is -0.325. The molecule has 0 atom stereocenters. The first-order chi connectivity index (χ1) is 14.4. The Balaban J connectivity index is 1.79. The molecule has 0 bridgehead atoms. The summed E-state index contributed by atoms with van der Waals surface area (Å²) in [6, 6.07) is 9.51. The number of methoxy groups -OCH3 is 2. The largest absolute Gasteiger partial charge is 0.493 e. The van der Waals surface area contributed by atoms with Crippen LogP contribution in [0.4, 0.5) is 9.18 Å². The Morgan fingerprint density at radius 1 is 1.17 bits per heavy atom. The maximum atomic E-state index is 13.1. The lowest BCUT2D eigenvalue weighted by molar-refractivity contribution is -0.123. The third kappa shape index (κ3) is 5.21. The molecule has 3 rings (SSSR count). The minimum atomic E-state index is -0.353. The molecule has 2 aromatic rings. The number of rotatable bonds is 8. The Bertz CT molecular complexity index is 980. The number of hydrogen-bond acceptors (Lipinski definition) is 6. The molecule has 158 valence electrons. The summed E-state index contributed by atoms with van der Waals surface area (Å²) in [5.41, 5.74) is 1.48. The molecule has 1 heterocycles. The zero-order chi connectivity index (χ0) is 21.7. The maximum absolute atomic E-state index is 13.1. The molecular formula is C21H19BrFNO5S. The van der Waals surface area contributed by atoms with Gasteiger partial charge in [0.1, 0.15) is 12.4 Å². The van der Waals surface area contributed by atoms with Crippen LogP contribution in [0.5, 0.6) is 11.5 Å². The van der Waals surface area contributed by atoms with Crippen LogP contribution in [-0.2, 0) is 16.1 Å². The lowest BCUT2D eigenvalue weighted by Crippen LogP contribution is -2.31. The Morgan fingerprint density at radius 2 is 1.90 bits per heavy atom. The van der Waals surface area contributed by atoms with Gasteiger partial charge in [0.2, 0.25) is 0 Å². The molecule has 0 aliphatic carbocycles. The summed E-state index contributed by atoms with van der Waals surface area (Å²) in [4.78, 5) is 26.0. The number of thioether (sulfide) groups is 1. The van der Waals surface area contributed by atoms with E-state index in [2.05, 4.69) is 15.9 Å². The fourth-order valence-corrected chi connectivity index (χ4v) is 4.17. The highest BCUT2D eigenvalue weighted by Gasteiger charge is 2.34. The number of benzene rings is 2. The monoisotopic (exact) mass is 495 g/mol. The predicted molar refractivity (Wildman–Crippen MR) is 116 cm³/mol. The summed E-state index contributed by atoms with van der Waals surface area (Å²) in [6.45, 7) is 0.722. The molecule has 1 aliphatic heterocycles. The summed E-state index contributed by atoms with van der Waals surface area (Å²) in [6.07, 6.45) is 1.63. The van der Waals surface area contributed by atoms with Gasteiger partial charge in [-0.3, -0.25) is 14.5 Å². The summed E-state index contributed by atoms with van der Waals surface area (Å²) in [7, 11) is 3.02. The first kappa shape index (κ1) is 22.3. The number of carbonyl (C=O) groups excluding carboxylic acids is 2. The molecule has 6 nitrogen and oxygen atoms in total. The van der Waals surface area contributed by atoms with Crippen molar-refractivity contribution >= 4 is 44.9 Å². The van der Waals surface area contributed by atoms with Gasteiger partial charge in [-0.05, 0) is 69.2 Å². The number of imide groups is 1. The third-order valence-electron chi connectivity index (χ3n) is 4.24. The maximum Gasteiger partial charge on any atom is 0.293 e. The molecule has 1 saturated heterocycles. The van der Waals surface area contributed by atoms with Gasteiger partial charge in [-0.2, -0.15) is 0 Å². The van der Waals surface area contributed by atoms with Crippen molar-refractivity contribution in [1.29, 1.82) is 0 Å². The Kier molecular flexibility index (Phi) is 7.52. The number of hydrogen-bond donors (Lipinski definition) is 0. The van der Waals surface area contributed by atoms with E-state index >= 15 is 0 Å². The zero-order valence-corrected chi connectivity index (χ0v) is 18.7. The summed E-state index contributed by atoms with van der Waals surface area (Å²) < 4.78 is 29.9. The number of halogens is 2. The van der Waals surface area contributed by atoms with Crippen LogP contribution in [0.3, 0.4) is 0 Å². The molecule has 2 amide bonds. The van der Waals surface area contributed by atoms with E-state index in [4.69, 9.17) is 14.2 Å². The minimum absolute atomic E-state index is 0.210. The SMILES string of the molecule is COCCN1C(=O)S/C(=C/c2cc(Br)c(OCc3ccc(F)cc3)c(OC)c2)C1=O. The second-order valence-corrected chi connectivity index (χ2v) is 8.12. The normalized spacial score (nSPS) is 15.2. The van der Waals surface area contributed by atoms with Crippen molar-refractivity contribution in [2.75, 3.05) is 27.4 Å². The van der Waals surface area contributed by atoms with Crippen LogP contribution in [0.25, 0.3) is 6.08 Å². The Morgan fingerprint density at radius 3 is 2.57 bits per heavy atom. The molecule has 30 heavy (non-hydrogen) atoms. The Hall–Kier alpha value is -2.36. The quantitative estimate of drug-likeness (QED) is 0.487. The highest BCUT2D eigenvalue weighted by molar-refractivity contribution is 9.10. The lowest BCUT2D eigenvalue weighted by Gasteiger charge is -2.14. The van der Waals surface area contributed by atoms with Gasteiger partial charge in [-0.15, -0.1) is 0 Å². The van der Waals surface area contributed by atoms with Crippen molar-refractivity contribution in [3.63, 3.8) is 0 Å². The van der Waals surface area contributed by atoms with Crippen LogP contribution in [0.2, 0.25) is 0 Å². The fourth-order valence-electron chi connectivity index (χ4n) is 2.73. The molecular weight excluding hydrogens is 477 g/mol. The van der Waals surface area contributed by atoms with Crippen molar-refractivity contribution in [2.24, 2.45) is 0 Å². The van der Waals surface area contributed by atoms with Gasteiger partial charge in [0.25, 0.3) is 11.1 Å². The van der Waals surface area contributed by atoms with E-state index in [9.17, 15) is 14.0 Å². The van der Waals surface area contributed by atoms with Gasteiger partial charge >= 0.3 is 0 Å². The average Bonchev–Trinajstić information content (AvgIpc) is 2.99. The molecule has 0 N–H and O–H groups in total. The predicted octanol–water partition coefficient (Wildman–Crippen LogP) is 4.86. The zero-order valence-electron chi connectivity index (χ0n) is 16.3. The second-order valence-electron chi connectivity index (χ2n) is 6.28. The first-order valence-electron chi connectivity index (χ1n) is 8.92. The molecule has 1 aliphatic rings. The van der Waals surface area contributed by atoms with Crippen LogP contribution in [0.1, 0.15) is 11.1 Å². The topological polar surface area (TPSA) is 65.1 Å². The Labute approximate surface area is 186 Å². The van der Waals surface area contributed by atoms with E-state index < -0.39 is 0 Å². The molecule has 0 aromatic heterocycles. The van der Waals surface area contributed by atoms with Crippen molar-refractivity contribution in [3.05, 3.63) is 62.7 Å². The minimum Gasteiger partial charge on any atom is -0.493 e. The molecule has 0 saturated carbocycles. The standard InChI is InChI=1S/C21H19BrFNO5S/c1-27-8-7-24-20(25)18(30-21(24)26)11-14-9-16(22)19(17(10-14)28-2)29-12-13-3-5-15(23)6-4-13/h3-6,9-11H,7-8,12H2,1-2H3/b18-11+. The number of amides is 2. The van der Waals surface area contributed by atoms with E-state index in [1.807, 2.05) is 0 Å². The van der Waals surface area contributed by atoms with Gasteiger partial charge in [0, 0.05) is 7.11 Å².